The van der Waals surface area contributed by atoms with Crippen molar-refractivity contribution in [1.29, 1.82) is 0 Å². The van der Waals surface area contributed by atoms with Gasteiger partial charge in [-0.15, -0.1) is 0 Å². The van der Waals surface area contributed by atoms with Crippen molar-refractivity contribution >= 4 is 32.5 Å². The Kier molecular flexibility index (Phi) is 10.9. The molecule has 7 nitrogen and oxygen atoms in total. The molecule has 3 amide bonds. The molecular formula is C13H27AlN4O3. The molecule has 0 spiro atoms. The van der Waals surface area contributed by atoms with Gasteiger partial charge in [-0.05, 0) is 26.6 Å². The molecular weight excluding hydrogens is 287 g/mol. The van der Waals surface area contributed by atoms with E-state index in [9.17, 15) is 14.4 Å². The Morgan fingerprint density at radius 2 is 1.38 bits per heavy atom. The van der Waals surface area contributed by atoms with E-state index in [4.69, 9.17) is 0 Å². The molecule has 3 N–H and O–H groups in total. The average Bonchev–Trinajstić information content (AvgIpc) is 2.46. The van der Waals surface area contributed by atoms with Gasteiger partial charge in [0.05, 0.1) is 0 Å². The summed E-state index contributed by atoms with van der Waals surface area (Å²) in [5, 5.41) is 0. The first kappa shape index (κ1) is 19.9. The molecule has 0 rings (SSSR count). The summed E-state index contributed by atoms with van der Waals surface area (Å²) in [7, 11) is 2.00. The van der Waals surface area contributed by atoms with Crippen molar-refractivity contribution in [3.63, 3.8) is 0 Å². The quantitative estimate of drug-likeness (QED) is 0.490. The highest BCUT2D eigenvalue weighted by molar-refractivity contribution is 6.59. The summed E-state index contributed by atoms with van der Waals surface area (Å²) < 4.78 is 8.15. The third kappa shape index (κ3) is 10.3. The fourth-order valence-electron chi connectivity index (χ4n) is 1.54. The van der Waals surface area contributed by atoms with Gasteiger partial charge in [-0.2, -0.15) is 0 Å². The number of hydrogen-bond donors (Lipinski definition) is 3. The van der Waals surface area contributed by atoms with Crippen LogP contribution in [-0.2, 0) is 14.4 Å². The molecule has 0 saturated heterocycles. The molecule has 0 atom stereocenters. The lowest BCUT2D eigenvalue weighted by molar-refractivity contribution is -0.120. The molecule has 0 aromatic heterocycles. The maximum atomic E-state index is 11.9. The van der Waals surface area contributed by atoms with Crippen LogP contribution in [0.1, 0.15) is 46.5 Å². The predicted octanol–water partition coefficient (Wildman–Crippen LogP) is -0.128. The fourth-order valence-corrected chi connectivity index (χ4v) is 3.27. The van der Waals surface area contributed by atoms with Crippen LogP contribution in [-0.4, -0.2) is 57.6 Å². The summed E-state index contributed by atoms with van der Waals surface area (Å²) in [4.78, 5) is 36.9. The normalized spacial score (nSPS) is 10.1. The lowest BCUT2D eigenvalue weighted by Gasteiger charge is -2.16. The highest BCUT2D eigenvalue weighted by atomic mass is 27.2. The molecule has 0 aliphatic rings. The Hall–Kier alpha value is -1.10. The highest BCUT2D eigenvalue weighted by Crippen LogP contribution is 1.93. The molecule has 0 radical (unpaired) electrons. The molecule has 21 heavy (non-hydrogen) atoms. The van der Waals surface area contributed by atoms with Crippen LogP contribution in [0.15, 0.2) is 0 Å². The van der Waals surface area contributed by atoms with Crippen LogP contribution in [0.5, 0.6) is 0 Å². The monoisotopic (exact) mass is 314 g/mol. The zero-order valence-electron chi connectivity index (χ0n) is 13.5. The van der Waals surface area contributed by atoms with Crippen molar-refractivity contribution in [2.45, 2.75) is 46.5 Å². The van der Waals surface area contributed by atoms with Crippen molar-refractivity contribution in [2.24, 2.45) is 0 Å². The van der Waals surface area contributed by atoms with Gasteiger partial charge in [0.25, 0.3) is 0 Å². The Morgan fingerprint density at radius 3 is 1.81 bits per heavy atom. The Balaban J connectivity index is 4.27. The minimum Gasteiger partial charge on any atom is -0.409 e. The second-order valence-electron chi connectivity index (χ2n) is 4.84. The van der Waals surface area contributed by atoms with Gasteiger partial charge >= 0.3 is 14.8 Å². The smallest absolute Gasteiger partial charge is 0.409 e. The van der Waals surface area contributed by atoms with Crippen molar-refractivity contribution in [2.75, 3.05) is 20.1 Å². The zero-order chi connectivity index (χ0) is 16.3. The highest BCUT2D eigenvalue weighted by Gasteiger charge is 2.29. The largest absolute Gasteiger partial charge is 0.740 e. The Bertz CT molecular complexity index is 334. The summed E-state index contributed by atoms with van der Waals surface area (Å²) >= 11 is -2.33. The second kappa shape index (κ2) is 11.5. The molecule has 8 heteroatoms. The minimum absolute atomic E-state index is 0.135. The molecule has 0 fully saturated rings. The Morgan fingerprint density at radius 1 is 0.905 bits per heavy atom. The van der Waals surface area contributed by atoms with Crippen LogP contribution >= 0.6 is 0 Å². The van der Waals surface area contributed by atoms with Gasteiger partial charge in [-0.25, -0.2) is 0 Å². The number of carbonyl (C=O) groups excluding carboxylic acids is 3. The summed E-state index contributed by atoms with van der Waals surface area (Å²) in [6.07, 6.45) is 1.78. The van der Waals surface area contributed by atoms with Gasteiger partial charge in [0.15, 0.2) is 17.7 Å². The number of hydrogen-bond acceptors (Lipinski definition) is 4. The summed E-state index contributed by atoms with van der Waals surface area (Å²) in [6.45, 7) is 7.30. The molecule has 0 heterocycles. The van der Waals surface area contributed by atoms with Gasteiger partial charge in [0.1, 0.15) is 0 Å². The molecule has 120 valence electrons. The van der Waals surface area contributed by atoms with E-state index in [0.717, 1.165) is 19.5 Å². The van der Waals surface area contributed by atoms with Crippen LogP contribution in [0.4, 0.5) is 0 Å². The molecule has 0 aromatic carbocycles. The third-order valence-corrected chi connectivity index (χ3v) is 4.87. The standard InChI is InChI=1S/C7H16N2O.2C3H7NO.Al/c1-3-9(2)6-4-5-7(8)10;2*1-2-3(4)5;/h3-6H2,1-2H3,(H2,8,10);2*2H2,1H3,(H2,4,5);/q;;;+3/p-3. The summed E-state index contributed by atoms with van der Waals surface area (Å²) in [5.74, 6) is -0.479. The minimum atomic E-state index is -2.33. The van der Waals surface area contributed by atoms with E-state index < -0.39 is 14.8 Å². The number of carbonyl (C=O) groups is 3. The number of rotatable bonds is 10. The molecule has 0 aliphatic carbocycles. The van der Waals surface area contributed by atoms with Gasteiger partial charge in [-0.3, -0.25) is 14.4 Å². The summed E-state index contributed by atoms with van der Waals surface area (Å²) in [6, 6.07) is 0. The maximum absolute atomic E-state index is 11.9. The van der Waals surface area contributed by atoms with Crippen molar-refractivity contribution in [3.8, 4) is 0 Å². The van der Waals surface area contributed by atoms with Crippen molar-refractivity contribution in [3.05, 3.63) is 0 Å². The number of nitrogens with one attached hydrogen (secondary N) is 3. The molecule has 0 aliphatic heterocycles. The second-order valence-corrected chi connectivity index (χ2v) is 6.57. The third-order valence-electron chi connectivity index (χ3n) is 3.04. The molecule has 0 bridgehead atoms. The van der Waals surface area contributed by atoms with E-state index in [-0.39, 0.29) is 17.7 Å². The van der Waals surface area contributed by atoms with Gasteiger partial charge in [-0.1, -0.05) is 20.8 Å². The molecule has 0 unspecified atom stereocenters. The van der Waals surface area contributed by atoms with Crippen molar-refractivity contribution in [1.82, 2.24) is 17.8 Å². The van der Waals surface area contributed by atoms with E-state index >= 15 is 0 Å². The van der Waals surface area contributed by atoms with Gasteiger partial charge < -0.3 is 17.8 Å². The summed E-state index contributed by atoms with van der Waals surface area (Å²) in [5.41, 5.74) is 0. The van der Waals surface area contributed by atoms with Crippen LogP contribution in [0.3, 0.4) is 0 Å². The Labute approximate surface area is 131 Å². The van der Waals surface area contributed by atoms with Crippen molar-refractivity contribution < 1.29 is 14.4 Å². The van der Waals surface area contributed by atoms with E-state index in [2.05, 4.69) is 24.7 Å². The first-order valence-electron chi connectivity index (χ1n) is 7.49. The van der Waals surface area contributed by atoms with Crippen LogP contribution in [0.25, 0.3) is 0 Å². The lowest BCUT2D eigenvalue weighted by atomic mass is 10.3. The van der Waals surface area contributed by atoms with E-state index in [1.54, 1.807) is 13.8 Å². The fraction of sp³-hybridized carbons (Fsp3) is 0.769. The average molecular weight is 314 g/mol. The molecule has 0 aromatic rings. The zero-order valence-corrected chi connectivity index (χ0v) is 14.6. The maximum Gasteiger partial charge on any atom is 0.740 e. The van der Waals surface area contributed by atoms with E-state index in [0.29, 0.717) is 19.3 Å². The number of amides is 3. The first-order valence-corrected chi connectivity index (χ1v) is 9.22. The van der Waals surface area contributed by atoms with Gasteiger partial charge in [0, 0.05) is 19.3 Å². The van der Waals surface area contributed by atoms with Gasteiger partial charge in [0.2, 0.25) is 0 Å². The lowest BCUT2D eigenvalue weighted by Crippen LogP contribution is -2.62. The first-order chi connectivity index (χ1) is 9.92. The predicted molar refractivity (Wildman–Crippen MR) is 83.2 cm³/mol. The SMILES string of the molecule is CCC(=O)[NH][Al]([NH]C(=O)CC)[NH]C(=O)CCCN(C)CC. The van der Waals surface area contributed by atoms with Crippen LogP contribution < -0.4 is 12.9 Å². The van der Waals surface area contributed by atoms with E-state index in [1.165, 1.54) is 0 Å². The number of nitrogens with zero attached hydrogens (tertiary/aromatic N) is 1. The molecule has 0 saturated carbocycles. The van der Waals surface area contributed by atoms with E-state index in [1.807, 2.05) is 7.05 Å². The van der Waals surface area contributed by atoms with Crippen LogP contribution in [0, 0.1) is 0 Å². The topological polar surface area (TPSA) is 90.5 Å². The van der Waals surface area contributed by atoms with Crippen LogP contribution in [0.2, 0.25) is 0 Å².